The molecule has 0 amide bonds. The first-order valence-electron chi connectivity index (χ1n) is 0.183. The quantitative estimate of drug-likeness (QED) is 0.543. The van der Waals surface area contributed by atoms with Crippen molar-refractivity contribution in [1.82, 2.24) is 0 Å². The number of rotatable bonds is 0. The van der Waals surface area contributed by atoms with Crippen LogP contribution in [0.25, 0.3) is 0 Å². The van der Waals surface area contributed by atoms with E-state index in [9.17, 15) is 0 Å². The first kappa shape index (κ1) is 69.6. The molecule has 0 aliphatic rings. The van der Waals surface area contributed by atoms with Gasteiger partial charge in [0.2, 0.25) is 0 Å². The van der Waals surface area contributed by atoms with Gasteiger partial charge in [0.15, 0.2) is 0 Å². The Kier molecular flexibility index (Phi) is 2310. The van der Waals surface area contributed by atoms with Gasteiger partial charge in [-0.15, -0.1) is 24.8 Å². The molecule has 0 saturated heterocycles. The second-order valence-electron chi connectivity index (χ2n) is 0. The van der Waals surface area contributed by atoms with Gasteiger partial charge in [0, 0.05) is 0 Å². The number of hydrogen-bond donors (Lipinski definition) is 0. The standard InChI is InChI=1S/2ClH.2FH.O.V/h4*1H;;. The summed E-state index contributed by atoms with van der Waals surface area (Å²) < 4.78 is 8.19. The van der Waals surface area contributed by atoms with Crippen LogP contribution in [0.5, 0.6) is 0 Å². The van der Waals surface area contributed by atoms with E-state index in [0.29, 0.717) is 0 Å². The molecule has 43 valence electrons. The SMILES string of the molecule is Cl.Cl.F.F.[O]=[V]. The molecule has 0 saturated carbocycles. The first-order chi connectivity index (χ1) is 1.00. The van der Waals surface area contributed by atoms with Gasteiger partial charge in [0.05, 0.1) is 0 Å². The molecule has 0 bridgehead atoms. The van der Waals surface area contributed by atoms with Crippen LogP contribution in [-0.2, 0) is 21.0 Å². The average molecular weight is 180 g/mol. The molecule has 0 aromatic rings. The Hall–Kier alpha value is 0.824. The summed E-state index contributed by atoms with van der Waals surface area (Å²) in [6.07, 6.45) is 0. The minimum atomic E-state index is 0. The molecule has 0 N–H and O–H groups in total. The van der Waals surface area contributed by atoms with Crippen LogP contribution in [0.3, 0.4) is 0 Å². The summed E-state index contributed by atoms with van der Waals surface area (Å²) in [4.78, 5) is 0. The van der Waals surface area contributed by atoms with Gasteiger partial charge in [-0.2, -0.15) is 0 Å². The molecule has 6 heteroatoms. The molecule has 0 aromatic heterocycles. The number of hydrogen-bond acceptors (Lipinski definition) is 1. The molecule has 0 aliphatic carbocycles. The van der Waals surface area contributed by atoms with E-state index in [1.807, 2.05) is 0 Å². The van der Waals surface area contributed by atoms with E-state index < -0.39 is 0 Å². The molecule has 6 heavy (non-hydrogen) atoms. The monoisotopic (exact) mass is 179 g/mol. The summed E-state index contributed by atoms with van der Waals surface area (Å²) in [5.41, 5.74) is 0. The van der Waals surface area contributed by atoms with E-state index in [4.69, 9.17) is 3.67 Å². The molecule has 0 spiro atoms. The van der Waals surface area contributed by atoms with E-state index in [1.165, 1.54) is 0 Å². The summed E-state index contributed by atoms with van der Waals surface area (Å²) in [6, 6.07) is 0. The Morgan fingerprint density at radius 3 is 0.833 bits per heavy atom. The Bertz CT molecular complexity index is 11.5. The van der Waals surface area contributed by atoms with Gasteiger partial charge in [-0.05, 0) is 0 Å². The fourth-order valence-corrected chi connectivity index (χ4v) is 0. The molecule has 1 nitrogen and oxygen atoms in total. The number of halogens is 4. The van der Waals surface area contributed by atoms with Gasteiger partial charge in [0.25, 0.3) is 0 Å². The van der Waals surface area contributed by atoms with Crippen molar-refractivity contribution in [2.75, 3.05) is 0 Å². The second-order valence-corrected chi connectivity index (χ2v) is 0. The Balaban J connectivity index is -0.000000000833. The topological polar surface area (TPSA) is 17.1 Å². The maximum atomic E-state index is 8.19. The van der Waals surface area contributed by atoms with Crippen molar-refractivity contribution in [3.05, 3.63) is 0 Å². The summed E-state index contributed by atoms with van der Waals surface area (Å²) in [5.74, 6) is 0. The predicted octanol–water partition coefficient (Wildman–Crippen LogP) is 1.03. The van der Waals surface area contributed by atoms with Crippen LogP contribution >= 0.6 is 24.8 Å². The zero-order chi connectivity index (χ0) is 2.00. The molecule has 0 atom stereocenters. The van der Waals surface area contributed by atoms with Crippen LogP contribution in [0.1, 0.15) is 0 Å². The van der Waals surface area contributed by atoms with Crippen LogP contribution < -0.4 is 0 Å². The van der Waals surface area contributed by atoms with Crippen LogP contribution in [0.2, 0.25) is 0 Å². The van der Waals surface area contributed by atoms with Crippen LogP contribution in [0, 0.1) is 0 Å². The van der Waals surface area contributed by atoms with Crippen molar-refractivity contribution in [3.63, 3.8) is 0 Å². The van der Waals surface area contributed by atoms with Crippen molar-refractivity contribution in [2.24, 2.45) is 0 Å². The summed E-state index contributed by atoms with van der Waals surface area (Å²) in [7, 11) is 0. The molecular formula is H4Cl2F2OV. The molecular weight excluding hydrogens is 176 g/mol. The third-order valence-corrected chi connectivity index (χ3v) is 0. The van der Waals surface area contributed by atoms with E-state index in [0.717, 1.165) is 17.4 Å². The molecule has 0 aliphatic heterocycles. The Morgan fingerprint density at radius 1 is 0.833 bits per heavy atom. The summed E-state index contributed by atoms with van der Waals surface area (Å²) >= 11 is 1.06. The van der Waals surface area contributed by atoms with Crippen LogP contribution in [0.4, 0.5) is 9.41 Å². The van der Waals surface area contributed by atoms with Crippen molar-refractivity contribution >= 4 is 24.8 Å². The zero-order valence-corrected chi connectivity index (χ0v) is 5.52. The molecule has 0 fully saturated rings. The molecule has 0 unspecified atom stereocenters. The van der Waals surface area contributed by atoms with Crippen molar-refractivity contribution in [2.45, 2.75) is 0 Å². The molecule has 0 radical (unpaired) electrons. The minimum absolute atomic E-state index is 0. The average Bonchev–Trinajstić information content (AvgIpc) is 1.00. The normalized spacial score (nSPS) is 0.500. The fourth-order valence-electron chi connectivity index (χ4n) is 0. The van der Waals surface area contributed by atoms with E-state index >= 15 is 0 Å². The van der Waals surface area contributed by atoms with Crippen LogP contribution in [-0.4, -0.2) is 0 Å². The molecule has 0 heterocycles. The van der Waals surface area contributed by atoms with Gasteiger partial charge < -0.3 is 0 Å². The third-order valence-electron chi connectivity index (χ3n) is 0. The predicted molar refractivity (Wildman–Crippen MR) is 20.2 cm³/mol. The van der Waals surface area contributed by atoms with Crippen molar-refractivity contribution in [3.8, 4) is 0 Å². The maximum absolute atomic E-state index is 8.19. The fraction of sp³-hybridized carbons (Fsp3) is 0. The molecule has 0 aromatic carbocycles. The third kappa shape index (κ3) is 104. The van der Waals surface area contributed by atoms with Gasteiger partial charge in [-0.3, -0.25) is 9.41 Å². The summed E-state index contributed by atoms with van der Waals surface area (Å²) in [6.45, 7) is 0. The van der Waals surface area contributed by atoms with Crippen LogP contribution in [0.15, 0.2) is 0 Å². The van der Waals surface area contributed by atoms with E-state index in [-0.39, 0.29) is 34.2 Å². The van der Waals surface area contributed by atoms with Gasteiger partial charge >= 0.3 is 21.0 Å². The van der Waals surface area contributed by atoms with Gasteiger partial charge in [-0.25, -0.2) is 0 Å². The summed E-state index contributed by atoms with van der Waals surface area (Å²) in [5, 5.41) is 0. The van der Waals surface area contributed by atoms with E-state index in [2.05, 4.69) is 0 Å². The van der Waals surface area contributed by atoms with Crippen molar-refractivity contribution < 1.29 is 30.5 Å². The Morgan fingerprint density at radius 2 is 0.833 bits per heavy atom. The Labute approximate surface area is 55.6 Å². The van der Waals surface area contributed by atoms with E-state index in [1.54, 1.807) is 0 Å². The first-order valence-corrected chi connectivity index (χ1v) is 0.753. The second kappa shape index (κ2) is 199. The molecule has 0 rings (SSSR count). The van der Waals surface area contributed by atoms with Gasteiger partial charge in [0.1, 0.15) is 0 Å². The van der Waals surface area contributed by atoms with Crippen molar-refractivity contribution in [1.29, 1.82) is 0 Å². The zero-order valence-electron chi connectivity index (χ0n) is 2.49. The van der Waals surface area contributed by atoms with Gasteiger partial charge in [-0.1, -0.05) is 0 Å².